The Labute approximate surface area is 109 Å². The molecule has 0 aliphatic rings. The van der Waals surface area contributed by atoms with Crippen LogP contribution in [0.4, 0.5) is 0 Å². The molecule has 0 saturated heterocycles. The van der Waals surface area contributed by atoms with E-state index in [-0.39, 0.29) is 0 Å². The second kappa shape index (κ2) is 7.69. The predicted octanol–water partition coefficient (Wildman–Crippen LogP) is -4.82. The third kappa shape index (κ3) is 8.60. The van der Waals surface area contributed by atoms with E-state index in [2.05, 4.69) is 31.6 Å². The van der Waals surface area contributed by atoms with Gasteiger partial charge in [-0.1, -0.05) is 0 Å². The molecule has 0 spiro atoms. The van der Waals surface area contributed by atoms with Crippen molar-refractivity contribution in [2.75, 3.05) is 18.9 Å². The predicted molar refractivity (Wildman–Crippen MR) is 59.7 cm³/mol. The van der Waals surface area contributed by atoms with E-state index in [4.69, 9.17) is 14.7 Å². The Hall–Kier alpha value is 0.770. The van der Waals surface area contributed by atoms with Crippen LogP contribution in [-0.4, -0.2) is 38.4 Å². The Balaban J connectivity index is 4.84. The molecular weight excluding hydrogens is 329 g/mol. The summed E-state index contributed by atoms with van der Waals surface area (Å²) in [5, 5.41) is 0. The summed E-state index contributed by atoms with van der Waals surface area (Å²) >= 11 is 0. The highest BCUT2D eigenvalue weighted by molar-refractivity contribution is 7.60. The number of hydrogen-bond donors (Lipinski definition) is 6. The second-order valence-corrected chi connectivity index (χ2v) is 8.63. The van der Waals surface area contributed by atoms with Crippen molar-refractivity contribution in [3.8, 4) is 0 Å². The summed E-state index contributed by atoms with van der Waals surface area (Å²) in [6.07, 6.45) is -2.86. The number of nitrogens with two attached hydrogens (primary N) is 3. The molecule has 0 rings (SSSR count). The minimum atomic E-state index is -4.38. The van der Waals surface area contributed by atoms with E-state index in [9.17, 15) is 14.7 Å². The second-order valence-electron chi connectivity index (χ2n) is 3.32. The van der Waals surface area contributed by atoms with Crippen LogP contribution in [-0.2, 0) is 13.9 Å². The van der Waals surface area contributed by atoms with Gasteiger partial charge >= 0.3 is 0 Å². The molecule has 0 saturated carbocycles. The summed E-state index contributed by atoms with van der Waals surface area (Å²) in [6, 6.07) is 0. The monoisotopic (exact) mass is 344 g/mol. The maximum Gasteiger partial charge on any atom is 0.274 e. The number of nitrogens with zero attached hydrogens (tertiary/aromatic N) is 1. The van der Waals surface area contributed by atoms with Crippen LogP contribution in [0.25, 0.3) is 0 Å². The van der Waals surface area contributed by atoms with E-state index >= 15 is 0 Å². The van der Waals surface area contributed by atoms with E-state index in [0.29, 0.717) is 4.90 Å². The molecule has 0 bridgehead atoms. The van der Waals surface area contributed by atoms with Crippen molar-refractivity contribution in [3.05, 3.63) is 0 Å². The van der Waals surface area contributed by atoms with Crippen LogP contribution in [0.2, 0.25) is 0 Å². The molecule has 9 N–H and O–H groups in total. The van der Waals surface area contributed by atoms with Crippen LogP contribution in [0.1, 0.15) is 0 Å². The first kappa shape index (κ1) is 19.8. The normalized spacial score (nSPS) is 21.8. The van der Waals surface area contributed by atoms with Crippen LogP contribution in [0.5, 0.6) is 0 Å². The zero-order valence-electron chi connectivity index (χ0n) is 9.43. The Morgan fingerprint density at radius 1 is 0.737 bits per heavy atom. The Kier molecular flexibility index (Phi) is 8.00. The number of rotatable bonds is 9. The summed E-state index contributed by atoms with van der Waals surface area (Å²) in [6.45, 7) is 0. The van der Waals surface area contributed by atoms with Gasteiger partial charge in [-0.3, -0.25) is 0 Å². The molecule has 0 aliphatic heterocycles. The minimum Gasteiger partial charge on any atom is -0.629 e. The van der Waals surface area contributed by atoms with Gasteiger partial charge in [0.05, 0.1) is 0 Å². The molecule has 0 aromatic rings. The molecule has 116 valence electrons. The Morgan fingerprint density at radius 3 is 1.11 bits per heavy atom. The quantitative estimate of drug-likeness (QED) is 0.170. The number of hydrogen-bond acceptors (Lipinski definition) is 13. The van der Waals surface area contributed by atoms with Crippen molar-refractivity contribution >= 4 is 23.8 Å². The van der Waals surface area contributed by atoms with Crippen molar-refractivity contribution in [1.82, 2.24) is 4.90 Å². The Bertz CT molecular complexity index is 237. The first-order chi connectivity index (χ1) is 8.47. The standard InChI is InChI=1S/C3H15N4O9P3/c4-14-17(8,9)1-7(2-18(10,11)15-5)3-19(12,13)16-6/h1-6H2,(H,8,9)(H,10,11)(H,12,13). The van der Waals surface area contributed by atoms with Gasteiger partial charge in [-0.15, -0.1) is 13.9 Å². The van der Waals surface area contributed by atoms with Crippen molar-refractivity contribution in [2.45, 2.75) is 0 Å². The lowest BCUT2D eigenvalue weighted by atomic mass is 11.0. The van der Waals surface area contributed by atoms with Crippen molar-refractivity contribution in [2.24, 2.45) is 17.7 Å². The molecule has 13 nitrogen and oxygen atoms in total. The molecule has 0 heterocycles. The molecule has 0 radical (unpaired) electrons. The van der Waals surface area contributed by atoms with Gasteiger partial charge in [0.25, 0.3) is 23.8 Å². The fourth-order valence-corrected chi connectivity index (χ4v) is 3.78. The lowest BCUT2D eigenvalue weighted by molar-refractivity contribution is -0.222. The summed E-state index contributed by atoms with van der Waals surface area (Å²) in [5.74, 6) is 13.6. The van der Waals surface area contributed by atoms with Gasteiger partial charge in [0.15, 0.2) is 18.9 Å². The van der Waals surface area contributed by atoms with Crippen LogP contribution in [0.3, 0.4) is 0 Å². The van der Waals surface area contributed by atoms with Crippen LogP contribution >= 0.6 is 23.8 Å². The zero-order chi connectivity index (χ0) is 15.3. The molecule has 16 heteroatoms. The SMILES string of the molecule is NO[P+]([O-])(O)CN(C[P+]([O-])(O)ON)C[P+]([O-])(O)ON. The van der Waals surface area contributed by atoms with Crippen LogP contribution in [0, 0.1) is 0 Å². The molecule has 0 fully saturated rings. The molecule has 3 atom stereocenters. The molecule has 0 aromatic heterocycles. The average molecular weight is 344 g/mol. The van der Waals surface area contributed by atoms with E-state index in [1.165, 1.54) is 0 Å². The molecule has 0 aromatic carbocycles. The molecule has 0 aliphatic carbocycles. The van der Waals surface area contributed by atoms with Gasteiger partial charge < -0.3 is 14.7 Å². The average Bonchev–Trinajstić information content (AvgIpc) is 2.27. The van der Waals surface area contributed by atoms with Gasteiger partial charge in [0, 0.05) is 0 Å². The van der Waals surface area contributed by atoms with Gasteiger partial charge in [0.2, 0.25) is 0 Å². The van der Waals surface area contributed by atoms with Gasteiger partial charge in [-0.2, -0.15) is 22.6 Å². The smallest absolute Gasteiger partial charge is 0.274 e. The van der Waals surface area contributed by atoms with E-state index in [1.807, 2.05) is 0 Å². The van der Waals surface area contributed by atoms with Crippen molar-refractivity contribution < 1.29 is 43.2 Å². The van der Waals surface area contributed by atoms with E-state index in [0.717, 1.165) is 0 Å². The summed E-state index contributed by atoms with van der Waals surface area (Å²) in [5.41, 5.74) is 0. The lowest BCUT2D eigenvalue weighted by Crippen LogP contribution is -2.40. The zero-order valence-corrected chi connectivity index (χ0v) is 12.1. The summed E-state index contributed by atoms with van der Waals surface area (Å²) < 4.78 is 11.2. The van der Waals surface area contributed by atoms with E-state index < -0.39 is 42.7 Å². The third-order valence-electron chi connectivity index (χ3n) is 1.63. The van der Waals surface area contributed by atoms with Gasteiger partial charge in [0.1, 0.15) is 0 Å². The topological polar surface area (TPSA) is 239 Å². The largest absolute Gasteiger partial charge is 0.629 e. The molecular formula is C3H15N4O9P3. The van der Waals surface area contributed by atoms with Crippen molar-refractivity contribution in [1.29, 1.82) is 0 Å². The third-order valence-corrected chi connectivity index (χ3v) is 4.89. The fourth-order valence-electron chi connectivity index (χ4n) is 0.992. The van der Waals surface area contributed by atoms with Crippen molar-refractivity contribution in [3.63, 3.8) is 0 Å². The maximum atomic E-state index is 11.2. The van der Waals surface area contributed by atoms with Crippen LogP contribution < -0.4 is 32.4 Å². The first-order valence-electron chi connectivity index (χ1n) is 4.30. The van der Waals surface area contributed by atoms with Gasteiger partial charge in [-0.05, 0) is 0 Å². The van der Waals surface area contributed by atoms with E-state index in [1.54, 1.807) is 0 Å². The van der Waals surface area contributed by atoms with Gasteiger partial charge in [-0.25, -0.2) is 14.7 Å². The highest BCUT2D eigenvalue weighted by Crippen LogP contribution is 2.53. The summed E-state index contributed by atoms with van der Waals surface area (Å²) in [7, 11) is -13.1. The highest BCUT2D eigenvalue weighted by atomic mass is 31.2. The summed E-state index contributed by atoms with van der Waals surface area (Å²) in [4.78, 5) is 61.6. The maximum absolute atomic E-state index is 11.2. The fraction of sp³-hybridized carbons (Fsp3) is 1.00. The lowest BCUT2D eigenvalue weighted by Gasteiger charge is -2.31. The van der Waals surface area contributed by atoms with Crippen LogP contribution in [0.15, 0.2) is 0 Å². The Morgan fingerprint density at radius 2 is 0.947 bits per heavy atom. The minimum absolute atomic E-state index is 0.564. The molecule has 0 amide bonds. The highest BCUT2D eigenvalue weighted by Gasteiger charge is 2.41. The molecule has 19 heavy (non-hydrogen) atoms. The molecule has 3 unspecified atom stereocenters. The first-order valence-corrected chi connectivity index (χ1v) is 9.59.